The number of rotatable bonds is 5. The number of anilines is 1. The summed E-state index contributed by atoms with van der Waals surface area (Å²) in [5.74, 6) is -0.0462. The molecule has 126 valence electrons. The van der Waals surface area contributed by atoms with Crippen molar-refractivity contribution < 1.29 is 4.79 Å². The van der Waals surface area contributed by atoms with Crippen molar-refractivity contribution in [1.29, 1.82) is 0 Å². The van der Waals surface area contributed by atoms with Gasteiger partial charge in [0, 0.05) is 25.8 Å². The number of carbonyl (C=O) groups excluding carboxylic acids is 1. The molecule has 4 nitrogen and oxygen atoms in total. The summed E-state index contributed by atoms with van der Waals surface area (Å²) < 4.78 is 0. The second-order valence-corrected chi connectivity index (χ2v) is 6.32. The molecule has 0 aliphatic carbocycles. The Morgan fingerprint density at radius 3 is 2.54 bits per heavy atom. The van der Waals surface area contributed by atoms with E-state index in [0.29, 0.717) is 12.1 Å². The summed E-state index contributed by atoms with van der Waals surface area (Å²) in [5, 5.41) is 2.99. The first-order valence-corrected chi connectivity index (χ1v) is 8.85. The second kappa shape index (κ2) is 8.48. The quantitative estimate of drug-likeness (QED) is 0.917. The van der Waals surface area contributed by atoms with Crippen molar-refractivity contribution in [2.45, 2.75) is 32.1 Å². The number of amides is 1. The Bertz CT molecular complexity index is 649. The molecule has 1 aromatic carbocycles. The maximum atomic E-state index is 12.4. The van der Waals surface area contributed by atoms with E-state index in [-0.39, 0.29) is 5.91 Å². The average Bonchev–Trinajstić information content (AvgIpc) is 2.92. The van der Waals surface area contributed by atoms with E-state index in [9.17, 15) is 4.79 Å². The van der Waals surface area contributed by atoms with Crippen molar-refractivity contribution >= 4 is 11.6 Å². The van der Waals surface area contributed by atoms with Gasteiger partial charge in [-0.2, -0.15) is 0 Å². The van der Waals surface area contributed by atoms with Gasteiger partial charge in [0.1, 0.15) is 0 Å². The molecule has 0 spiro atoms. The van der Waals surface area contributed by atoms with Crippen LogP contribution in [0.4, 0.5) is 5.69 Å². The zero-order valence-corrected chi connectivity index (χ0v) is 14.1. The third-order valence-corrected chi connectivity index (χ3v) is 4.50. The SMILES string of the molecule is O=C(NCCc1ccccc1)c1cncc(N2CCCCCC2)c1. The highest BCUT2D eigenvalue weighted by atomic mass is 16.1. The van der Waals surface area contributed by atoms with Crippen LogP contribution >= 0.6 is 0 Å². The fourth-order valence-electron chi connectivity index (χ4n) is 3.12. The van der Waals surface area contributed by atoms with E-state index in [1.165, 1.54) is 31.2 Å². The van der Waals surface area contributed by atoms with Gasteiger partial charge in [-0.3, -0.25) is 9.78 Å². The molecule has 3 rings (SSSR count). The molecule has 4 heteroatoms. The lowest BCUT2D eigenvalue weighted by Crippen LogP contribution is -2.27. The smallest absolute Gasteiger partial charge is 0.252 e. The summed E-state index contributed by atoms with van der Waals surface area (Å²) in [4.78, 5) is 19.0. The lowest BCUT2D eigenvalue weighted by molar-refractivity contribution is 0.0954. The molecule has 0 unspecified atom stereocenters. The molecule has 2 heterocycles. The molecule has 0 radical (unpaired) electrons. The number of benzene rings is 1. The summed E-state index contributed by atoms with van der Waals surface area (Å²) in [7, 11) is 0. The van der Waals surface area contributed by atoms with Crippen molar-refractivity contribution in [2.24, 2.45) is 0 Å². The van der Waals surface area contributed by atoms with Gasteiger partial charge in [0.15, 0.2) is 0 Å². The fraction of sp³-hybridized carbons (Fsp3) is 0.400. The van der Waals surface area contributed by atoms with Gasteiger partial charge in [-0.05, 0) is 30.9 Å². The zero-order valence-electron chi connectivity index (χ0n) is 14.1. The molecule has 1 aromatic heterocycles. The number of pyridine rings is 1. The maximum Gasteiger partial charge on any atom is 0.252 e. The Kier molecular flexibility index (Phi) is 5.83. The van der Waals surface area contributed by atoms with Crippen molar-refractivity contribution in [3.8, 4) is 0 Å². The van der Waals surface area contributed by atoms with Crippen molar-refractivity contribution in [1.82, 2.24) is 10.3 Å². The monoisotopic (exact) mass is 323 g/mol. The Morgan fingerprint density at radius 2 is 1.79 bits per heavy atom. The summed E-state index contributed by atoms with van der Waals surface area (Å²) in [6.45, 7) is 2.75. The van der Waals surface area contributed by atoms with Crippen LogP contribution in [0, 0.1) is 0 Å². The van der Waals surface area contributed by atoms with Crippen LogP contribution in [0.1, 0.15) is 41.6 Å². The Labute approximate surface area is 143 Å². The molecule has 0 bridgehead atoms. The number of aromatic nitrogens is 1. The van der Waals surface area contributed by atoms with Crippen molar-refractivity contribution in [2.75, 3.05) is 24.5 Å². The van der Waals surface area contributed by atoms with Gasteiger partial charge < -0.3 is 10.2 Å². The van der Waals surface area contributed by atoms with Gasteiger partial charge in [0.2, 0.25) is 0 Å². The van der Waals surface area contributed by atoms with Crippen LogP contribution in [0.5, 0.6) is 0 Å². The first-order valence-electron chi connectivity index (χ1n) is 8.85. The minimum Gasteiger partial charge on any atom is -0.370 e. The predicted molar refractivity (Wildman–Crippen MR) is 97.4 cm³/mol. The zero-order chi connectivity index (χ0) is 16.6. The number of carbonyl (C=O) groups is 1. The second-order valence-electron chi connectivity index (χ2n) is 6.32. The van der Waals surface area contributed by atoms with Crippen LogP contribution < -0.4 is 10.2 Å². The molecule has 0 atom stereocenters. The molecule has 2 aromatic rings. The van der Waals surface area contributed by atoms with Crippen LogP contribution in [0.3, 0.4) is 0 Å². The largest absolute Gasteiger partial charge is 0.370 e. The van der Waals surface area contributed by atoms with Gasteiger partial charge >= 0.3 is 0 Å². The molecule has 1 amide bonds. The Morgan fingerprint density at radius 1 is 1.04 bits per heavy atom. The topological polar surface area (TPSA) is 45.2 Å². The normalized spacial score (nSPS) is 14.9. The number of nitrogens with one attached hydrogen (secondary N) is 1. The van der Waals surface area contributed by atoms with E-state index in [4.69, 9.17) is 0 Å². The molecule has 1 fully saturated rings. The van der Waals surface area contributed by atoms with Crippen LogP contribution in [0.15, 0.2) is 48.8 Å². The van der Waals surface area contributed by atoms with Crippen LogP contribution in [-0.4, -0.2) is 30.5 Å². The molecular weight excluding hydrogens is 298 g/mol. The van der Waals surface area contributed by atoms with E-state index in [1.807, 2.05) is 30.5 Å². The summed E-state index contributed by atoms with van der Waals surface area (Å²) in [6, 6.07) is 12.2. The van der Waals surface area contributed by atoms with Crippen molar-refractivity contribution in [3.05, 3.63) is 59.9 Å². The number of nitrogens with zero attached hydrogens (tertiary/aromatic N) is 2. The number of hydrogen-bond donors (Lipinski definition) is 1. The third-order valence-electron chi connectivity index (χ3n) is 4.50. The fourth-order valence-corrected chi connectivity index (χ4v) is 3.12. The van der Waals surface area contributed by atoms with Gasteiger partial charge in [-0.25, -0.2) is 0 Å². The standard InChI is InChI=1S/C20H25N3O/c24-20(22-11-10-17-8-4-3-5-9-17)18-14-19(16-21-15-18)23-12-6-1-2-7-13-23/h3-5,8-9,14-16H,1-2,6-7,10-13H2,(H,22,24). The molecule has 1 aliphatic rings. The molecular formula is C20H25N3O. The van der Waals surface area contributed by atoms with Crippen LogP contribution in [0.2, 0.25) is 0 Å². The molecule has 1 N–H and O–H groups in total. The number of hydrogen-bond acceptors (Lipinski definition) is 3. The lowest BCUT2D eigenvalue weighted by atomic mass is 10.1. The van der Waals surface area contributed by atoms with Gasteiger partial charge in [-0.1, -0.05) is 43.2 Å². The maximum absolute atomic E-state index is 12.4. The average molecular weight is 323 g/mol. The summed E-state index contributed by atoms with van der Waals surface area (Å²) in [5.41, 5.74) is 2.94. The molecule has 0 saturated carbocycles. The Balaban J connectivity index is 1.57. The molecule has 24 heavy (non-hydrogen) atoms. The highest BCUT2D eigenvalue weighted by Crippen LogP contribution is 2.19. The van der Waals surface area contributed by atoms with Crippen LogP contribution in [-0.2, 0) is 6.42 Å². The van der Waals surface area contributed by atoms with E-state index in [2.05, 4.69) is 27.3 Å². The van der Waals surface area contributed by atoms with Gasteiger partial charge in [0.25, 0.3) is 5.91 Å². The van der Waals surface area contributed by atoms with Crippen LogP contribution in [0.25, 0.3) is 0 Å². The lowest BCUT2D eigenvalue weighted by Gasteiger charge is -2.22. The highest BCUT2D eigenvalue weighted by molar-refractivity contribution is 5.94. The Hall–Kier alpha value is -2.36. The molecule has 1 aliphatic heterocycles. The molecule has 1 saturated heterocycles. The van der Waals surface area contributed by atoms with Gasteiger partial charge in [-0.15, -0.1) is 0 Å². The van der Waals surface area contributed by atoms with E-state index in [1.54, 1.807) is 6.20 Å². The van der Waals surface area contributed by atoms with Crippen molar-refractivity contribution in [3.63, 3.8) is 0 Å². The minimum atomic E-state index is -0.0462. The van der Waals surface area contributed by atoms with Gasteiger partial charge in [0.05, 0.1) is 17.4 Å². The van der Waals surface area contributed by atoms with E-state index < -0.39 is 0 Å². The first-order chi connectivity index (χ1) is 11.8. The van der Waals surface area contributed by atoms with E-state index >= 15 is 0 Å². The highest BCUT2D eigenvalue weighted by Gasteiger charge is 2.13. The first kappa shape index (κ1) is 16.5. The third kappa shape index (κ3) is 4.57. The van der Waals surface area contributed by atoms with E-state index in [0.717, 1.165) is 25.2 Å². The minimum absolute atomic E-state index is 0.0462. The summed E-state index contributed by atoms with van der Waals surface area (Å²) >= 11 is 0. The summed E-state index contributed by atoms with van der Waals surface area (Å²) in [6.07, 6.45) is 9.38. The predicted octanol–water partition coefficient (Wildman–Crippen LogP) is 3.43.